The molecule has 0 aliphatic heterocycles. The van der Waals surface area contributed by atoms with E-state index in [1.165, 1.54) is 38.2 Å². The van der Waals surface area contributed by atoms with Crippen molar-refractivity contribution in [1.82, 2.24) is 5.32 Å². The van der Waals surface area contributed by atoms with Crippen LogP contribution in [0.5, 0.6) is 0 Å². The highest BCUT2D eigenvalue weighted by molar-refractivity contribution is 6.31. The molecule has 1 aromatic carbocycles. The predicted octanol–water partition coefficient (Wildman–Crippen LogP) is 4.58. The SMILES string of the molecule is CCNC(Cc1cccc(F)c1Cl)C1CCCCC1. The average molecular weight is 284 g/mol. The van der Waals surface area contributed by atoms with E-state index < -0.39 is 0 Å². The summed E-state index contributed by atoms with van der Waals surface area (Å²) in [5.74, 6) is 0.395. The van der Waals surface area contributed by atoms with Gasteiger partial charge in [0.15, 0.2) is 0 Å². The van der Waals surface area contributed by atoms with Crippen LogP contribution in [0.2, 0.25) is 5.02 Å². The van der Waals surface area contributed by atoms with Crippen LogP contribution in [0.3, 0.4) is 0 Å². The maximum atomic E-state index is 13.5. The van der Waals surface area contributed by atoms with E-state index in [-0.39, 0.29) is 5.82 Å². The largest absolute Gasteiger partial charge is 0.314 e. The van der Waals surface area contributed by atoms with Gasteiger partial charge in [0.05, 0.1) is 5.02 Å². The van der Waals surface area contributed by atoms with Crippen LogP contribution in [0.1, 0.15) is 44.6 Å². The molecule has 1 aromatic rings. The number of hydrogen-bond acceptors (Lipinski definition) is 1. The fraction of sp³-hybridized carbons (Fsp3) is 0.625. The second-order valence-corrected chi connectivity index (χ2v) is 5.86. The summed E-state index contributed by atoms with van der Waals surface area (Å²) in [6.45, 7) is 3.08. The zero-order chi connectivity index (χ0) is 13.7. The van der Waals surface area contributed by atoms with E-state index in [1.54, 1.807) is 6.07 Å². The van der Waals surface area contributed by atoms with Gasteiger partial charge in [-0.3, -0.25) is 0 Å². The summed E-state index contributed by atoms with van der Waals surface area (Å²) in [5, 5.41) is 3.86. The van der Waals surface area contributed by atoms with Crippen molar-refractivity contribution in [3.63, 3.8) is 0 Å². The molecule has 0 amide bonds. The number of halogens is 2. The maximum absolute atomic E-state index is 13.5. The minimum Gasteiger partial charge on any atom is -0.314 e. The molecule has 1 aliphatic carbocycles. The third kappa shape index (κ3) is 3.93. The Morgan fingerprint density at radius 2 is 2.05 bits per heavy atom. The minimum atomic E-state index is -0.307. The van der Waals surface area contributed by atoms with E-state index in [2.05, 4.69) is 12.2 Å². The third-order valence-electron chi connectivity index (χ3n) is 4.16. The van der Waals surface area contributed by atoms with Gasteiger partial charge in [-0.2, -0.15) is 0 Å². The van der Waals surface area contributed by atoms with Crippen molar-refractivity contribution >= 4 is 11.6 Å². The number of nitrogens with one attached hydrogen (secondary N) is 1. The monoisotopic (exact) mass is 283 g/mol. The van der Waals surface area contributed by atoms with Crippen LogP contribution in [-0.2, 0) is 6.42 Å². The lowest BCUT2D eigenvalue weighted by molar-refractivity contribution is 0.269. The number of likely N-dealkylation sites (N-methyl/N-ethyl adjacent to an activating group) is 1. The number of rotatable bonds is 5. The molecule has 1 saturated carbocycles. The van der Waals surface area contributed by atoms with Crippen LogP contribution in [0.25, 0.3) is 0 Å². The molecule has 1 N–H and O–H groups in total. The summed E-state index contributed by atoms with van der Waals surface area (Å²) < 4.78 is 13.5. The molecule has 2 rings (SSSR count). The highest BCUT2D eigenvalue weighted by atomic mass is 35.5. The molecule has 1 aliphatic rings. The van der Waals surface area contributed by atoms with Crippen LogP contribution >= 0.6 is 11.6 Å². The van der Waals surface area contributed by atoms with E-state index in [1.807, 2.05) is 6.07 Å². The molecule has 106 valence electrons. The smallest absolute Gasteiger partial charge is 0.142 e. The fourth-order valence-electron chi connectivity index (χ4n) is 3.15. The molecule has 19 heavy (non-hydrogen) atoms. The maximum Gasteiger partial charge on any atom is 0.142 e. The lowest BCUT2D eigenvalue weighted by Gasteiger charge is -2.31. The summed E-state index contributed by atoms with van der Waals surface area (Å²) in [6.07, 6.45) is 7.40. The average Bonchev–Trinajstić information content (AvgIpc) is 2.44. The van der Waals surface area contributed by atoms with Crippen molar-refractivity contribution < 1.29 is 4.39 Å². The quantitative estimate of drug-likeness (QED) is 0.834. The van der Waals surface area contributed by atoms with Crippen LogP contribution in [-0.4, -0.2) is 12.6 Å². The van der Waals surface area contributed by atoms with Crippen LogP contribution < -0.4 is 5.32 Å². The second kappa shape index (κ2) is 7.25. The lowest BCUT2D eigenvalue weighted by Crippen LogP contribution is -2.39. The zero-order valence-corrected chi connectivity index (χ0v) is 12.3. The van der Waals surface area contributed by atoms with Gasteiger partial charge in [0.1, 0.15) is 5.82 Å². The van der Waals surface area contributed by atoms with E-state index in [0.717, 1.165) is 18.5 Å². The Bertz CT molecular complexity index is 402. The van der Waals surface area contributed by atoms with Gasteiger partial charge in [-0.15, -0.1) is 0 Å². The van der Waals surface area contributed by atoms with Crippen molar-refractivity contribution in [1.29, 1.82) is 0 Å². The van der Waals surface area contributed by atoms with Crippen molar-refractivity contribution in [3.05, 3.63) is 34.6 Å². The van der Waals surface area contributed by atoms with Gasteiger partial charge in [-0.1, -0.05) is 49.9 Å². The Morgan fingerprint density at radius 3 is 2.74 bits per heavy atom. The normalized spacial score (nSPS) is 18.5. The Labute approximate surface area is 120 Å². The molecule has 0 saturated heterocycles. The van der Waals surface area contributed by atoms with Gasteiger partial charge in [-0.25, -0.2) is 4.39 Å². The Kier molecular flexibility index (Phi) is 5.65. The van der Waals surface area contributed by atoms with Gasteiger partial charge in [0.25, 0.3) is 0 Å². The molecular formula is C16H23ClFN. The first-order chi connectivity index (χ1) is 9.22. The van der Waals surface area contributed by atoms with E-state index >= 15 is 0 Å². The van der Waals surface area contributed by atoms with Gasteiger partial charge in [0, 0.05) is 6.04 Å². The molecule has 0 aromatic heterocycles. The lowest BCUT2D eigenvalue weighted by atomic mass is 9.81. The second-order valence-electron chi connectivity index (χ2n) is 5.48. The third-order valence-corrected chi connectivity index (χ3v) is 4.58. The summed E-state index contributed by atoms with van der Waals surface area (Å²) in [5.41, 5.74) is 0.929. The zero-order valence-electron chi connectivity index (χ0n) is 11.6. The highest BCUT2D eigenvalue weighted by Gasteiger charge is 2.24. The Morgan fingerprint density at radius 1 is 1.32 bits per heavy atom. The molecule has 1 atom stereocenters. The van der Waals surface area contributed by atoms with Crippen molar-refractivity contribution in [2.75, 3.05) is 6.54 Å². The van der Waals surface area contributed by atoms with Gasteiger partial charge < -0.3 is 5.32 Å². The topological polar surface area (TPSA) is 12.0 Å². The first kappa shape index (κ1) is 14.8. The van der Waals surface area contributed by atoms with Crippen LogP contribution in [0.15, 0.2) is 18.2 Å². The molecule has 0 radical (unpaired) electrons. The molecule has 1 unspecified atom stereocenters. The van der Waals surface area contributed by atoms with Gasteiger partial charge in [0.2, 0.25) is 0 Å². The van der Waals surface area contributed by atoms with Crippen molar-refractivity contribution in [2.45, 2.75) is 51.5 Å². The van der Waals surface area contributed by atoms with Crippen molar-refractivity contribution in [2.24, 2.45) is 5.92 Å². The minimum absolute atomic E-state index is 0.293. The van der Waals surface area contributed by atoms with Crippen molar-refractivity contribution in [3.8, 4) is 0 Å². The molecule has 3 heteroatoms. The number of benzene rings is 1. The molecule has 1 nitrogen and oxygen atoms in total. The van der Waals surface area contributed by atoms with Crippen LogP contribution in [0.4, 0.5) is 4.39 Å². The summed E-state index contributed by atoms with van der Waals surface area (Å²) >= 11 is 6.07. The molecular weight excluding hydrogens is 261 g/mol. The summed E-state index contributed by atoms with van der Waals surface area (Å²) in [4.78, 5) is 0. The first-order valence-electron chi connectivity index (χ1n) is 7.38. The molecule has 0 spiro atoms. The Hall–Kier alpha value is -0.600. The first-order valence-corrected chi connectivity index (χ1v) is 7.76. The fourth-order valence-corrected chi connectivity index (χ4v) is 3.35. The molecule has 0 heterocycles. The van der Waals surface area contributed by atoms with Gasteiger partial charge >= 0.3 is 0 Å². The van der Waals surface area contributed by atoms with E-state index in [9.17, 15) is 4.39 Å². The van der Waals surface area contributed by atoms with E-state index in [4.69, 9.17) is 11.6 Å². The Balaban J connectivity index is 2.08. The molecule has 0 bridgehead atoms. The molecule has 1 fully saturated rings. The van der Waals surface area contributed by atoms with Crippen LogP contribution in [0, 0.1) is 11.7 Å². The summed E-state index contributed by atoms with van der Waals surface area (Å²) in [7, 11) is 0. The van der Waals surface area contributed by atoms with Gasteiger partial charge in [-0.05, 0) is 43.4 Å². The van der Waals surface area contributed by atoms with E-state index in [0.29, 0.717) is 17.0 Å². The highest BCUT2D eigenvalue weighted by Crippen LogP contribution is 2.30. The standard InChI is InChI=1S/C16H23ClFN/c1-2-19-15(12-7-4-3-5-8-12)11-13-9-6-10-14(18)16(13)17/h6,9-10,12,15,19H,2-5,7-8,11H2,1H3. The number of hydrogen-bond donors (Lipinski definition) is 1. The summed E-state index contributed by atoms with van der Waals surface area (Å²) in [6, 6.07) is 5.54. The predicted molar refractivity (Wildman–Crippen MR) is 79.2 cm³/mol.